The van der Waals surface area contributed by atoms with Gasteiger partial charge < -0.3 is 14.3 Å². The summed E-state index contributed by atoms with van der Waals surface area (Å²) in [6.45, 7) is 2.77. The number of hydrogen-bond donors (Lipinski definition) is 0. The minimum atomic E-state index is 0.113. The molecule has 1 atom stereocenters. The van der Waals surface area contributed by atoms with Crippen molar-refractivity contribution in [2.45, 2.75) is 25.9 Å². The van der Waals surface area contributed by atoms with Crippen molar-refractivity contribution in [1.82, 2.24) is 0 Å². The Balaban J connectivity index is 2.35. The van der Waals surface area contributed by atoms with Crippen molar-refractivity contribution in [3.05, 3.63) is 28.3 Å². The fourth-order valence-corrected chi connectivity index (χ4v) is 2.14. The van der Waals surface area contributed by atoms with Crippen LogP contribution in [0.2, 0.25) is 5.02 Å². The van der Waals surface area contributed by atoms with Gasteiger partial charge >= 0.3 is 0 Å². The summed E-state index contributed by atoms with van der Waals surface area (Å²) in [5.74, 6) is 0.921. The molecule has 1 aromatic carbocycles. The molecule has 0 aromatic heterocycles. The van der Waals surface area contributed by atoms with Gasteiger partial charge in [0, 0.05) is 17.0 Å². The summed E-state index contributed by atoms with van der Waals surface area (Å²) in [7, 11) is 0. The van der Waals surface area contributed by atoms with Gasteiger partial charge in [0.2, 0.25) is 0 Å². The van der Waals surface area contributed by atoms with Crippen LogP contribution < -0.4 is 4.74 Å². The average Bonchev–Trinajstić information content (AvgIpc) is 2.28. The Morgan fingerprint density at radius 3 is 3.12 bits per heavy atom. The molecule has 0 amide bonds. The number of hydrogen-bond acceptors (Lipinski definition) is 3. The van der Waals surface area contributed by atoms with Crippen molar-refractivity contribution in [1.29, 1.82) is 0 Å². The maximum atomic E-state index is 10.5. The molecule has 1 unspecified atom stereocenters. The Bertz CT molecular complexity index is 403. The van der Waals surface area contributed by atoms with Crippen molar-refractivity contribution in [2.24, 2.45) is 0 Å². The van der Waals surface area contributed by atoms with E-state index in [1.807, 2.05) is 19.1 Å². The van der Waals surface area contributed by atoms with Gasteiger partial charge in [0.15, 0.2) is 6.79 Å². The molecule has 0 N–H and O–H groups in total. The number of carbonyl (C=O) groups excluding carboxylic acids is 1. The third-order valence-electron chi connectivity index (χ3n) is 2.72. The lowest BCUT2D eigenvalue weighted by atomic mass is 9.96. The van der Waals surface area contributed by atoms with E-state index in [1.54, 1.807) is 0 Å². The largest absolute Gasteiger partial charge is 0.467 e. The highest BCUT2D eigenvalue weighted by atomic mass is 35.5. The molecule has 3 nitrogen and oxygen atoms in total. The number of aldehydes is 1. The van der Waals surface area contributed by atoms with Gasteiger partial charge in [-0.1, -0.05) is 18.5 Å². The highest BCUT2D eigenvalue weighted by Gasteiger charge is 2.17. The van der Waals surface area contributed by atoms with E-state index in [-0.39, 0.29) is 12.7 Å². The molecule has 1 aliphatic rings. The van der Waals surface area contributed by atoms with Crippen LogP contribution in [0.4, 0.5) is 0 Å². The second kappa shape index (κ2) is 4.85. The number of benzene rings is 1. The predicted molar refractivity (Wildman–Crippen MR) is 60.8 cm³/mol. The zero-order valence-electron chi connectivity index (χ0n) is 9.03. The number of rotatable bonds is 3. The zero-order chi connectivity index (χ0) is 11.5. The van der Waals surface area contributed by atoms with Crippen LogP contribution in [0.15, 0.2) is 12.1 Å². The third kappa shape index (κ3) is 2.20. The van der Waals surface area contributed by atoms with E-state index in [0.29, 0.717) is 18.1 Å². The molecule has 0 fully saturated rings. The maximum absolute atomic E-state index is 10.5. The second-order valence-corrected chi connectivity index (χ2v) is 4.30. The van der Waals surface area contributed by atoms with Crippen molar-refractivity contribution in [3.8, 4) is 5.75 Å². The van der Waals surface area contributed by atoms with Gasteiger partial charge in [-0.2, -0.15) is 0 Å². The zero-order valence-corrected chi connectivity index (χ0v) is 9.79. The maximum Gasteiger partial charge on any atom is 0.189 e. The summed E-state index contributed by atoms with van der Waals surface area (Å²) < 4.78 is 10.5. The van der Waals surface area contributed by atoms with E-state index in [1.165, 1.54) is 0 Å². The molecular formula is C12H13ClO3. The summed E-state index contributed by atoms with van der Waals surface area (Å²) in [6, 6.07) is 3.76. The number of ether oxygens (including phenoxy) is 2. The molecule has 86 valence electrons. The van der Waals surface area contributed by atoms with Gasteiger partial charge in [0.25, 0.3) is 0 Å². The van der Waals surface area contributed by atoms with Crippen molar-refractivity contribution in [2.75, 3.05) is 6.79 Å². The van der Waals surface area contributed by atoms with Crippen LogP contribution in [0.25, 0.3) is 0 Å². The van der Waals surface area contributed by atoms with Gasteiger partial charge in [-0.25, -0.2) is 0 Å². The van der Waals surface area contributed by atoms with Crippen molar-refractivity contribution < 1.29 is 14.3 Å². The van der Waals surface area contributed by atoms with Gasteiger partial charge in [0.1, 0.15) is 12.0 Å². The molecule has 0 saturated heterocycles. The first-order chi connectivity index (χ1) is 7.72. The van der Waals surface area contributed by atoms with Gasteiger partial charge in [0.05, 0.1) is 6.61 Å². The highest BCUT2D eigenvalue weighted by Crippen LogP contribution is 2.34. The number of halogens is 1. The fraction of sp³-hybridized carbons (Fsp3) is 0.417. The standard InChI is InChI=1S/C12H13ClO3/c1-8(2-3-14)10-5-12-9(4-11(10)13)6-15-7-16-12/h3-5,8H,2,6-7H2,1H3. The minimum absolute atomic E-state index is 0.113. The van der Waals surface area contributed by atoms with E-state index < -0.39 is 0 Å². The Hall–Kier alpha value is -1.06. The van der Waals surface area contributed by atoms with Crippen LogP contribution in [0.3, 0.4) is 0 Å². The normalized spacial score (nSPS) is 16.1. The summed E-state index contributed by atoms with van der Waals surface area (Å²) in [5.41, 5.74) is 1.91. The average molecular weight is 241 g/mol. The molecular weight excluding hydrogens is 228 g/mol. The molecule has 0 radical (unpaired) electrons. The molecule has 16 heavy (non-hydrogen) atoms. The van der Waals surface area contributed by atoms with E-state index >= 15 is 0 Å². The smallest absolute Gasteiger partial charge is 0.189 e. The first kappa shape index (κ1) is 11.4. The van der Waals surface area contributed by atoms with E-state index in [4.69, 9.17) is 21.1 Å². The van der Waals surface area contributed by atoms with E-state index in [2.05, 4.69) is 0 Å². The van der Waals surface area contributed by atoms with Gasteiger partial charge in [-0.15, -0.1) is 0 Å². The third-order valence-corrected chi connectivity index (χ3v) is 3.04. The van der Waals surface area contributed by atoms with Gasteiger partial charge in [-0.05, 0) is 23.6 Å². The molecule has 1 aromatic rings. The SMILES string of the molecule is CC(CC=O)c1cc2c(cc1Cl)COCO2. The lowest BCUT2D eigenvalue weighted by Gasteiger charge is -2.20. The van der Waals surface area contributed by atoms with Crippen LogP contribution in [-0.2, 0) is 16.1 Å². The predicted octanol–water partition coefficient (Wildman–Crippen LogP) is 2.90. The highest BCUT2D eigenvalue weighted by molar-refractivity contribution is 6.31. The molecule has 0 saturated carbocycles. The Kier molecular flexibility index (Phi) is 3.46. The Morgan fingerprint density at radius 1 is 1.56 bits per heavy atom. The molecule has 0 bridgehead atoms. The number of fused-ring (bicyclic) bond motifs is 1. The van der Waals surface area contributed by atoms with Crippen LogP contribution in [0.5, 0.6) is 5.75 Å². The van der Waals surface area contributed by atoms with E-state index in [0.717, 1.165) is 23.2 Å². The lowest BCUT2D eigenvalue weighted by Crippen LogP contribution is -2.12. The Morgan fingerprint density at radius 2 is 2.38 bits per heavy atom. The monoisotopic (exact) mass is 240 g/mol. The van der Waals surface area contributed by atoms with Crippen molar-refractivity contribution in [3.63, 3.8) is 0 Å². The quantitative estimate of drug-likeness (QED) is 0.762. The Labute approximate surface area is 99.3 Å². The van der Waals surface area contributed by atoms with Crippen LogP contribution in [-0.4, -0.2) is 13.1 Å². The molecule has 4 heteroatoms. The van der Waals surface area contributed by atoms with Crippen LogP contribution in [0, 0.1) is 0 Å². The topological polar surface area (TPSA) is 35.5 Å². The van der Waals surface area contributed by atoms with Gasteiger partial charge in [-0.3, -0.25) is 0 Å². The summed E-state index contributed by atoms with van der Waals surface area (Å²) >= 11 is 6.16. The summed E-state index contributed by atoms with van der Waals surface area (Å²) in [6.07, 6.45) is 1.37. The fourth-order valence-electron chi connectivity index (χ4n) is 1.76. The summed E-state index contributed by atoms with van der Waals surface area (Å²) in [4.78, 5) is 10.5. The summed E-state index contributed by atoms with van der Waals surface area (Å²) in [5, 5.41) is 0.669. The first-order valence-corrected chi connectivity index (χ1v) is 5.56. The van der Waals surface area contributed by atoms with Crippen molar-refractivity contribution >= 4 is 17.9 Å². The second-order valence-electron chi connectivity index (χ2n) is 3.90. The molecule has 2 rings (SSSR count). The lowest BCUT2D eigenvalue weighted by molar-refractivity contribution is -0.108. The first-order valence-electron chi connectivity index (χ1n) is 5.19. The van der Waals surface area contributed by atoms with E-state index in [9.17, 15) is 4.79 Å². The number of carbonyl (C=O) groups is 1. The van der Waals surface area contributed by atoms with Crippen LogP contribution >= 0.6 is 11.6 Å². The molecule has 0 aliphatic carbocycles. The molecule has 0 spiro atoms. The minimum Gasteiger partial charge on any atom is -0.467 e. The molecule has 1 heterocycles. The van der Waals surface area contributed by atoms with Crippen LogP contribution in [0.1, 0.15) is 30.4 Å². The molecule has 1 aliphatic heterocycles.